The fraction of sp³-hybridized carbons (Fsp3) is 0.556. The highest BCUT2D eigenvalue weighted by Gasteiger charge is 2.36. The Bertz CT molecular complexity index is 574. The molecule has 0 bridgehead atoms. The molecule has 1 aromatic carbocycles. The van der Waals surface area contributed by atoms with Crippen LogP contribution in [0.25, 0.3) is 0 Å². The van der Waals surface area contributed by atoms with Crippen molar-refractivity contribution >= 4 is 23.4 Å². The minimum atomic E-state index is -0.158. The van der Waals surface area contributed by atoms with Crippen molar-refractivity contribution in [1.29, 1.82) is 0 Å². The molecule has 0 spiro atoms. The molecule has 2 rings (SSSR count). The molecule has 23 heavy (non-hydrogen) atoms. The van der Waals surface area contributed by atoms with Gasteiger partial charge >= 0.3 is 0 Å². The molecule has 2 unspecified atom stereocenters. The van der Waals surface area contributed by atoms with E-state index < -0.39 is 0 Å². The summed E-state index contributed by atoms with van der Waals surface area (Å²) in [5.41, 5.74) is 0.904. The van der Waals surface area contributed by atoms with Gasteiger partial charge in [0.2, 0.25) is 11.8 Å². The molecular formula is C18H25ClN2O2. The Morgan fingerprint density at radius 2 is 2.09 bits per heavy atom. The lowest BCUT2D eigenvalue weighted by Gasteiger charge is -2.39. The first-order chi connectivity index (χ1) is 10.9. The predicted octanol–water partition coefficient (Wildman–Crippen LogP) is 3.24. The van der Waals surface area contributed by atoms with Crippen LogP contribution in [0.5, 0.6) is 0 Å². The summed E-state index contributed by atoms with van der Waals surface area (Å²) in [6.07, 6.45) is 1.06. The van der Waals surface area contributed by atoms with E-state index in [1.165, 1.54) is 0 Å². The summed E-state index contributed by atoms with van der Waals surface area (Å²) < 4.78 is 0. The van der Waals surface area contributed by atoms with Crippen molar-refractivity contribution in [3.05, 3.63) is 34.9 Å². The number of amides is 2. The number of benzene rings is 1. The van der Waals surface area contributed by atoms with Crippen molar-refractivity contribution in [1.82, 2.24) is 10.2 Å². The number of likely N-dealkylation sites (tertiary alicyclic amines) is 1. The van der Waals surface area contributed by atoms with Crippen LogP contribution in [0.15, 0.2) is 24.3 Å². The largest absolute Gasteiger partial charge is 0.352 e. The van der Waals surface area contributed by atoms with Crippen LogP contribution in [0.3, 0.4) is 0 Å². The van der Waals surface area contributed by atoms with Crippen LogP contribution in [-0.2, 0) is 16.1 Å². The number of hydrogen-bond donors (Lipinski definition) is 1. The van der Waals surface area contributed by atoms with E-state index in [-0.39, 0.29) is 23.8 Å². The van der Waals surface area contributed by atoms with Gasteiger partial charge < -0.3 is 10.2 Å². The number of carbonyl (C=O) groups is 2. The van der Waals surface area contributed by atoms with E-state index in [1.54, 1.807) is 0 Å². The minimum Gasteiger partial charge on any atom is -0.352 e. The molecule has 1 aromatic rings. The zero-order valence-electron chi connectivity index (χ0n) is 14.0. The molecule has 4 nitrogen and oxygen atoms in total. The Balaban J connectivity index is 1.98. The van der Waals surface area contributed by atoms with Gasteiger partial charge in [-0.3, -0.25) is 9.59 Å². The van der Waals surface area contributed by atoms with Crippen LogP contribution in [-0.4, -0.2) is 29.3 Å². The van der Waals surface area contributed by atoms with Crippen LogP contribution < -0.4 is 5.32 Å². The molecule has 1 aliphatic heterocycles. The maximum absolute atomic E-state index is 12.5. The molecule has 0 aromatic heterocycles. The lowest BCUT2D eigenvalue weighted by atomic mass is 9.88. The summed E-state index contributed by atoms with van der Waals surface area (Å²) >= 11 is 6.12. The van der Waals surface area contributed by atoms with E-state index in [9.17, 15) is 9.59 Å². The Morgan fingerprint density at radius 1 is 1.39 bits per heavy atom. The molecule has 126 valence electrons. The van der Waals surface area contributed by atoms with Crippen molar-refractivity contribution in [3.8, 4) is 0 Å². The zero-order chi connectivity index (χ0) is 17.0. The third-order valence-corrected chi connectivity index (χ3v) is 4.74. The molecule has 1 N–H and O–H groups in total. The third-order valence-electron chi connectivity index (χ3n) is 4.37. The predicted molar refractivity (Wildman–Crippen MR) is 92.0 cm³/mol. The first kappa shape index (κ1) is 17.8. The average molecular weight is 337 g/mol. The van der Waals surface area contributed by atoms with Gasteiger partial charge in [0, 0.05) is 30.6 Å². The van der Waals surface area contributed by atoms with E-state index in [0.29, 0.717) is 36.9 Å². The van der Waals surface area contributed by atoms with Crippen LogP contribution in [0.1, 0.15) is 39.2 Å². The Hall–Kier alpha value is -1.55. The molecule has 0 saturated carbocycles. The van der Waals surface area contributed by atoms with Crippen molar-refractivity contribution in [3.63, 3.8) is 0 Å². The number of nitrogens with one attached hydrogen (secondary N) is 1. The second-order valence-corrected chi connectivity index (χ2v) is 7.04. The van der Waals surface area contributed by atoms with E-state index in [2.05, 4.69) is 19.2 Å². The maximum atomic E-state index is 12.5. The second kappa shape index (κ2) is 7.82. The van der Waals surface area contributed by atoms with Gasteiger partial charge in [-0.15, -0.1) is 0 Å². The fourth-order valence-electron chi connectivity index (χ4n) is 3.07. The summed E-state index contributed by atoms with van der Waals surface area (Å²) in [7, 11) is 0. The molecule has 2 atom stereocenters. The first-order valence-corrected chi connectivity index (χ1v) is 8.58. The molecule has 0 aliphatic carbocycles. The highest BCUT2D eigenvalue weighted by molar-refractivity contribution is 6.31. The van der Waals surface area contributed by atoms with Crippen LogP contribution >= 0.6 is 11.6 Å². The smallest absolute Gasteiger partial charge is 0.225 e. The Labute approximate surface area is 143 Å². The van der Waals surface area contributed by atoms with Gasteiger partial charge in [0.15, 0.2) is 0 Å². The summed E-state index contributed by atoms with van der Waals surface area (Å²) in [5.74, 6) is 0.389. The van der Waals surface area contributed by atoms with Crippen molar-refractivity contribution in [2.45, 2.75) is 46.2 Å². The van der Waals surface area contributed by atoms with Crippen LogP contribution in [0, 0.1) is 11.8 Å². The van der Waals surface area contributed by atoms with Crippen LogP contribution in [0.4, 0.5) is 0 Å². The SMILES string of the molecule is CC(C)CN1C(=O)CCC(C(=O)NCc2ccccc2Cl)C1C. The Morgan fingerprint density at radius 3 is 2.74 bits per heavy atom. The van der Waals surface area contributed by atoms with E-state index in [0.717, 1.165) is 5.56 Å². The van der Waals surface area contributed by atoms with Crippen molar-refractivity contribution < 1.29 is 9.59 Å². The number of carbonyl (C=O) groups excluding carboxylic acids is 2. The molecule has 1 fully saturated rings. The zero-order valence-corrected chi connectivity index (χ0v) is 14.8. The van der Waals surface area contributed by atoms with Crippen molar-refractivity contribution in [2.75, 3.05) is 6.54 Å². The molecule has 1 saturated heterocycles. The lowest BCUT2D eigenvalue weighted by molar-refractivity contribution is -0.143. The quantitative estimate of drug-likeness (QED) is 0.897. The maximum Gasteiger partial charge on any atom is 0.225 e. The minimum absolute atomic E-state index is 0.00123. The molecule has 5 heteroatoms. The molecule has 2 amide bonds. The van der Waals surface area contributed by atoms with E-state index in [4.69, 9.17) is 11.6 Å². The molecule has 0 radical (unpaired) electrons. The van der Waals surface area contributed by atoms with Gasteiger partial charge in [-0.25, -0.2) is 0 Å². The van der Waals surface area contributed by atoms with Gasteiger partial charge in [-0.05, 0) is 30.9 Å². The number of nitrogens with zero attached hydrogens (tertiary/aromatic N) is 1. The first-order valence-electron chi connectivity index (χ1n) is 8.20. The fourth-order valence-corrected chi connectivity index (χ4v) is 3.28. The highest BCUT2D eigenvalue weighted by Crippen LogP contribution is 2.26. The average Bonchev–Trinajstić information content (AvgIpc) is 2.50. The standard InChI is InChI=1S/C18H25ClN2O2/c1-12(2)11-21-13(3)15(8-9-17(21)22)18(23)20-10-14-6-4-5-7-16(14)19/h4-7,12-13,15H,8-11H2,1-3H3,(H,20,23). The number of halogens is 1. The van der Waals surface area contributed by atoms with Gasteiger partial charge in [0.05, 0.1) is 5.92 Å². The monoisotopic (exact) mass is 336 g/mol. The van der Waals surface area contributed by atoms with Gasteiger partial charge in [-0.2, -0.15) is 0 Å². The topological polar surface area (TPSA) is 49.4 Å². The van der Waals surface area contributed by atoms with Gasteiger partial charge in [-0.1, -0.05) is 43.6 Å². The van der Waals surface area contributed by atoms with Gasteiger partial charge in [0.1, 0.15) is 0 Å². The molecule has 1 aliphatic rings. The van der Waals surface area contributed by atoms with Gasteiger partial charge in [0.25, 0.3) is 0 Å². The summed E-state index contributed by atoms with van der Waals surface area (Å²) in [4.78, 5) is 26.5. The summed E-state index contributed by atoms with van der Waals surface area (Å²) in [6.45, 7) is 7.26. The number of piperidine rings is 1. The molecule has 1 heterocycles. The normalized spacial score (nSPS) is 21.6. The summed E-state index contributed by atoms with van der Waals surface area (Å²) in [5, 5.41) is 3.62. The number of hydrogen-bond acceptors (Lipinski definition) is 2. The van der Waals surface area contributed by atoms with Crippen LogP contribution in [0.2, 0.25) is 5.02 Å². The lowest BCUT2D eigenvalue weighted by Crippen LogP contribution is -2.52. The highest BCUT2D eigenvalue weighted by atomic mass is 35.5. The third kappa shape index (κ3) is 4.47. The van der Waals surface area contributed by atoms with E-state index in [1.807, 2.05) is 36.1 Å². The molecular weight excluding hydrogens is 312 g/mol. The van der Waals surface area contributed by atoms with Crippen molar-refractivity contribution in [2.24, 2.45) is 11.8 Å². The van der Waals surface area contributed by atoms with E-state index >= 15 is 0 Å². The Kier molecular flexibility index (Phi) is 6.05. The summed E-state index contributed by atoms with van der Waals surface area (Å²) in [6, 6.07) is 7.42. The number of rotatable bonds is 5. The second-order valence-electron chi connectivity index (χ2n) is 6.63.